The first-order chi connectivity index (χ1) is 12.8. The highest BCUT2D eigenvalue weighted by Crippen LogP contribution is 2.24. The number of nitrogens with one attached hydrogen (secondary N) is 1. The van der Waals surface area contributed by atoms with E-state index < -0.39 is 0 Å². The Morgan fingerprint density at radius 1 is 0.731 bits per heavy atom. The van der Waals surface area contributed by atoms with E-state index in [0.717, 1.165) is 39.0 Å². The van der Waals surface area contributed by atoms with Gasteiger partial charge in [0.25, 0.3) is 0 Å². The Balaban J connectivity index is 1.27. The minimum Gasteiger partial charge on any atom is -0.372 e. The molecule has 2 heterocycles. The van der Waals surface area contributed by atoms with Crippen molar-refractivity contribution in [2.75, 3.05) is 49.1 Å². The minimum absolute atomic E-state index is 0.140. The highest BCUT2D eigenvalue weighted by molar-refractivity contribution is 5.75. The molecule has 4 rings (SSSR count). The Labute approximate surface area is 157 Å². The van der Waals surface area contributed by atoms with Crippen molar-refractivity contribution in [3.8, 4) is 0 Å². The van der Waals surface area contributed by atoms with Gasteiger partial charge in [0.15, 0.2) is 0 Å². The van der Waals surface area contributed by atoms with Gasteiger partial charge >= 0.3 is 6.03 Å². The molecule has 5 nitrogen and oxygen atoms in total. The molecule has 142 valence electrons. The Bertz CT molecular complexity index is 583. The molecule has 26 heavy (non-hydrogen) atoms. The third-order valence-corrected chi connectivity index (χ3v) is 6.19. The smallest absolute Gasteiger partial charge is 0.317 e. The maximum atomic E-state index is 12.5. The van der Waals surface area contributed by atoms with Crippen LogP contribution < -0.4 is 15.1 Å². The van der Waals surface area contributed by atoms with Crippen LogP contribution in [0.25, 0.3) is 0 Å². The Morgan fingerprint density at radius 3 is 1.85 bits per heavy atom. The van der Waals surface area contributed by atoms with Gasteiger partial charge < -0.3 is 20.0 Å². The number of benzene rings is 1. The topological polar surface area (TPSA) is 38.8 Å². The molecule has 1 saturated carbocycles. The molecule has 1 N–H and O–H groups in total. The molecule has 2 aliphatic heterocycles. The van der Waals surface area contributed by atoms with Gasteiger partial charge in [-0.2, -0.15) is 0 Å². The summed E-state index contributed by atoms with van der Waals surface area (Å²) in [4.78, 5) is 19.4. The number of piperazine rings is 1. The molecule has 0 aromatic heterocycles. The normalized spacial score (nSPS) is 21.9. The van der Waals surface area contributed by atoms with E-state index in [1.165, 1.54) is 56.6 Å². The highest BCUT2D eigenvalue weighted by Gasteiger charge is 2.24. The summed E-state index contributed by atoms with van der Waals surface area (Å²) >= 11 is 0. The van der Waals surface area contributed by atoms with E-state index in [-0.39, 0.29) is 6.03 Å². The SMILES string of the molecule is O=C(NC1CCCCC1)N1CCN(c2ccc(N3CCCC3)cc2)CC1. The van der Waals surface area contributed by atoms with E-state index in [1.807, 2.05) is 4.90 Å². The number of amides is 2. The van der Waals surface area contributed by atoms with E-state index in [1.54, 1.807) is 0 Å². The summed E-state index contributed by atoms with van der Waals surface area (Å²) in [6.07, 6.45) is 8.75. The molecule has 1 aliphatic carbocycles. The molecule has 2 amide bonds. The molecule has 0 spiro atoms. The van der Waals surface area contributed by atoms with Crippen LogP contribution in [0.4, 0.5) is 16.2 Å². The van der Waals surface area contributed by atoms with Gasteiger partial charge in [-0.25, -0.2) is 4.79 Å². The summed E-state index contributed by atoms with van der Waals surface area (Å²) in [7, 11) is 0. The number of nitrogens with zero attached hydrogens (tertiary/aromatic N) is 3. The predicted octanol–water partition coefficient (Wildman–Crippen LogP) is 3.45. The fraction of sp³-hybridized carbons (Fsp3) is 0.667. The maximum Gasteiger partial charge on any atom is 0.317 e. The van der Waals surface area contributed by atoms with Crippen LogP contribution in [-0.4, -0.2) is 56.2 Å². The van der Waals surface area contributed by atoms with Crippen LogP contribution in [0.5, 0.6) is 0 Å². The first-order valence-corrected chi connectivity index (χ1v) is 10.4. The summed E-state index contributed by atoms with van der Waals surface area (Å²) in [6.45, 7) is 5.84. The van der Waals surface area contributed by atoms with Crippen molar-refractivity contribution >= 4 is 17.4 Å². The monoisotopic (exact) mass is 356 g/mol. The third kappa shape index (κ3) is 4.08. The molecule has 1 aromatic carbocycles. The lowest BCUT2D eigenvalue weighted by atomic mass is 9.96. The number of rotatable bonds is 3. The molecule has 5 heteroatoms. The first-order valence-electron chi connectivity index (χ1n) is 10.4. The molecule has 0 bridgehead atoms. The lowest BCUT2D eigenvalue weighted by Gasteiger charge is -2.37. The average Bonchev–Trinajstić information content (AvgIpc) is 3.24. The van der Waals surface area contributed by atoms with Crippen LogP contribution in [-0.2, 0) is 0 Å². The zero-order chi connectivity index (χ0) is 17.8. The van der Waals surface area contributed by atoms with Crippen molar-refractivity contribution in [3.05, 3.63) is 24.3 Å². The molecule has 1 aromatic rings. The van der Waals surface area contributed by atoms with Gasteiger partial charge in [-0.05, 0) is 49.9 Å². The van der Waals surface area contributed by atoms with Crippen molar-refractivity contribution in [1.29, 1.82) is 0 Å². The highest BCUT2D eigenvalue weighted by atomic mass is 16.2. The van der Waals surface area contributed by atoms with Crippen LogP contribution in [0.1, 0.15) is 44.9 Å². The second-order valence-electron chi connectivity index (χ2n) is 7.97. The molecule has 0 atom stereocenters. The molecular formula is C21H32N4O. The van der Waals surface area contributed by atoms with E-state index >= 15 is 0 Å². The quantitative estimate of drug-likeness (QED) is 0.901. The van der Waals surface area contributed by atoms with Gasteiger partial charge in [-0.3, -0.25) is 0 Å². The van der Waals surface area contributed by atoms with Gasteiger partial charge in [-0.15, -0.1) is 0 Å². The van der Waals surface area contributed by atoms with Crippen molar-refractivity contribution < 1.29 is 4.79 Å². The number of carbonyl (C=O) groups is 1. The summed E-state index contributed by atoms with van der Waals surface area (Å²) in [5.74, 6) is 0. The van der Waals surface area contributed by atoms with Crippen molar-refractivity contribution in [3.63, 3.8) is 0 Å². The van der Waals surface area contributed by atoms with Gasteiger partial charge in [-0.1, -0.05) is 19.3 Å². The van der Waals surface area contributed by atoms with Crippen molar-refractivity contribution in [1.82, 2.24) is 10.2 Å². The second kappa shape index (κ2) is 8.19. The minimum atomic E-state index is 0.140. The first kappa shape index (κ1) is 17.5. The molecule has 2 saturated heterocycles. The Kier molecular flexibility index (Phi) is 5.51. The number of hydrogen-bond acceptors (Lipinski definition) is 3. The lowest BCUT2D eigenvalue weighted by molar-refractivity contribution is 0.186. The van der Waals surface area contributed by atoms with Gasteiger partial charge in [0.1, 0.15) is 0 Å². The second-order valence-corrected chi connectivity index (χ2v) is 7.97. The van der Waals surface area contributed by atoms with Crippen LogP contribution >= 0.6 is 0 Å². The number of urea groups is 1. The average molecular weight is 357 g/mol. The van der Waals surface area contributed by atoms with E-state index in [4.69, 9.17) is 0 Å². The van der Waals surface area contributed by atoms with Crippen LogP contribution in [0.15, 0.2) is 24.3 Å². The lowest BCUT2D eigenvalue weighted by Crippen LogP contribution is -2.53. The fourth-order valence-electron chi connectivity index (χ4n) is 4.53. The molecular weight excluding hydrogens is 324 g/mol. The van der Waals surface area contributed by atoms with Gasteiger partial charge in [0.2, 0.25) is 0 Å². The van der Waals surface area contributed by atoms with Crippen LogP contribution in [0.2, 0.25) is 0 Å². The summed E-state index contributed by atoms with van der Waals surface area (Å²) < 4.78 is 0. The molecule has 0 unspecified atom stereocenters. The third-order valence-electron chi connectivity index (χ3n) is 6.19. The standard InChI is InChI=1S/C21H32N4O/c26-21(22-18-6-2-1-3-7-18)25-16-14-24(15-17-25)20-10-8-19(9-11-20)23-12-4-5-13-23/h8-11,18H,1-7,12-17H2,(H,22,26). The zero-order valence-corrected chi connectivity index (χ0v) is 15.8. The predicted molar refractivity (Wildman–Crippen MR) is 107 cm³/mol. The van der Waals surface area contributed by atoms with Crippen molar-refractivity contribution in [2.24, 2.45) is 0 Å². The van der Waals surface area contributed by atoms with Gasteiger partial charge in [0, 0.05) is 56.7 Å². The van der Waals surface area contributed by atoms with E-state index in [2.05, 4.69) is 39.4 Å². The maximum absolute atomic E-state index is 12.5. The van der Waals surface area contributed by atoms with Gasteiger partial charge in [0.05, 0.1) is 0 Å². The van der Waals surface area contributed by atoms with Crippen LogP contribution in [0.3, 0.4) is 0 Å². The Morgan fingerprint density at radius 2 is 1.27 bits per heavy atom. The van der Waals surface area contributed by atoms with Crippen LogP contribution in [0, 0.1) is 0 Å². The van der Waals surface area contributed by atoms with E-state index in [0.29, 0.717) is 6.04 Å². The molecule has 3 aliphatic rings. The summed E-state index contributed by atoms with van der Waals surface area (Å²) in [5, 5.41) is 3.24. The molecule has 0 radical (unpaired) electrons. The summed E-state index contributed by atoms with van der Waals surface area (Å²) in [6, 6.07) is 9.52. The molecule has 3 fully saturated rings. The van der Waals surface area contributed by atoms with E-state index in [9.17, 15) is 4.79 Å². The van der Waals surface area contributed by atoms with Crippen molar-refractivity contribution in [2.45, 2.75) is 51.0 Å². The number of carbonyl (C=O) groups excluding carboxylic acids is 1. The zero-order valence-electron chi connectivity index (χ0n) is 15.8. The number of anilines is 2. The largest absolute Gasteiger partial charge is 0.372 e. The number of hydrogen-bond donors (Lipinski definition) is 1. The summed E-state index contributed by atoms with van der Waals surface area (Å²) in [5.41, 5.74) is 2.62. The Hall–Kier alpha value is -1.91. The fourth-order valence-corrected chi connectivity index (χ4v) is 4.53.